The maximum absolute atomic E-state index is 5.22. The van der Waals surface area contributed by atoms with Crippen LogP contribution in [0.4, 0.5) is 0 Å². The minimum atomic E-state index is 0.350. The third-order valence-corrected chi connectivity index (χ3v) is 2.55. The van der Waals surface area contributed by atoms with Gasteiger partial charge in [0, 0.05) is 12.0 Å². The molecule has 1 saturated heterocycles. The Labute approximate surface area is 74.5 Å². The second kappa shape index (κ2) is 3.76. The first-order valence-corrected chi connectivity index (χ1v) is 4.35. The Hall–Kier alpha value is -0.760. The zero-order chi connectivity index (χ0) is 9.03. The normalized spacial score (nSPS) is 19.4. The van der Waals surface area contributed by atoms with Crippen molar-refractivity contribution in [2.75, 3.05) is 19.8 Å². The van der Waals surface area contributed by atoms with Crippen LogP contribution >= 0.6 is 0 Å². The SMILES string of the molecule is C=CN(C=C)CC1(CC)COC1. The van der Waals surface area contributed by atoms with Gasteiger partial charge in [-0.3, -0.25) is 0 Å². The van der Waals surface area contributed by atoms with Gasteiger partial charge in [0.1, 0.15) is 0 Å². The smallest absolute Gasteiger partial charge is 0.0561 e. The lowest BCUT2D eigenvalue weighted by molar-refractivity contribution is -0.120. The van der Waals surface area contributed by atoms with Gasteiger partial charge in [-0.25, -0.2) is 0 Å². The molecule has 2 heteroatoms. The van der Waals surface area contributed by atoms with Crippen LogP contribution in [0.15, 0.2) is 25.6 Å². The molecule has 0 aromatic rings. The highest BCUT2D eigenvalue weighted by Gasteiger charge is 2.37. The monoisotopic (exact) mass is 167 g/mol. The van der Waals surface area contributed by atoms with Gasteiger partial charge in [-0.05, 0) is 18.8 Å². The van der Waals surface area contributed by atoms with Crippen molar-refractivity contribution < 1.29 is 4.74 Å². The average Bonchev–Trinajstić information content (AvgIpc) is 2.05. The summed E-state index contributed by atoms with van der Waals surface area (Å²) < 4.78 is 5.22. The summed E-state index contributed by atoms with van der Waals surface area (Å²) in [6.07, 6.45) is 4.77. The number of ether oxygens (including phenoxy) is 1. The third-order valence-electron chi connectivity index (χ3n) is 2.55. The number of nitrogens with zero attached hydrogens (tertiary/aromatic N) is 1. The summed E-state index contributed by atoms with van der Waals surface area (Å²) >= 11 is 0. The van der Waals surface area contributed by atoms with Crippen molar-refractivity contribution in [3.05, 3.63) is 25.6 Å². The molecule has 0 amide bonds. The molecule has 68 valence electrons. The van der Waals surface area contributed by atoms with Gasteiger partial charge < -0.3 is 9.64 Å². The molecule has 0 radical (unpaired) electrons. The fourth-order valence-electron chi connectivity index (χ4n) is 1.39. The highest BCUT2D eigenvalue weighted by molar-refractivity contribution is 4.92. The summed E-state index contributed by atoms with van der Waals surface area (Å²) in [6.45, 7) is 12.4. The van der Waals surface area contributed by atoms with Gasteiger partial charge in [0.2, 0.25) is 0 Å². The first-order valence-electron chi connectivity index (χ1n) is 4.35. The lowest BCUT2D eigenvalue weighted by Gasteiger charge is -2.43. The van der Waals surface area contributed by atoms with E-state index in [-0.39, 0.29) is 0 Å². The third kappa shape index (κ3) is 1.69. The molecule has 0 aromatic carbocycles. The van der Waals surface area contributed by atoms with Gasteiger partial charge in [-0.2, -0.15) is 0 Å². The topological polar surface area (TPSA) is 12.5 Å². The number of hydrogen-bond donors (Lipinski definition) is 0. The van der Waals surface area contributed by atoms with Crippen molar-refractivity contribution in [2.45, 2.75) is 13.3 Å². The highest BCUT2D eigenvalue weighted by Crippen LogP contribution is 2.32. The van der Waals surface area contributed by atoms with Gasteiger partial charge in [-0.15, -0.1) is 0 Å². The quantitative estimate of drug-likeness (QED) is 0.621. The molecule has 1 heterocycles. The second-order valence-corrected chi connectivity index (χ2v) is 3.38. The second-order valence-electron chi connectivity index (χ2n) is 3.38. The predicted octanol–water partition coefficient (Wildman–Crippen LogP) is 2.00. The minimum Gasteiger partial charge on any atom is -0.380 e. The molecule has 0 aliphatic carbocycles. The van der Waals surface area contributed by atoms with Gasteiger partial charge in [0.05, 0.1) is 13.2 Å². The van der Waals surface area contributed by atoms with E-state index < -0.39 is 0 Å². The van der Waals surface area contributed by atoms with Crippen LogP contribution in [0.1, 0.15) is 13.3 Å². The van der Waals surface area contributed by atoms with E-state index in [1.165, 1.54) is 0 Å². The van der Waals surface area contributed by atoms with E-state index in [4.69, 9.17) is 4.74 Å². The van der Waals surface area contributed by atoms with E-state index >= 15 is 0 Å². The molecule has 1 aliphatic heterocycles. The standard InChI is InChI=1S/C10H17NO/c1-4-10(8-12-9-10)7-11(5-2)6-3/h5-6H,2-4,7-9H2,1H3. The Morgan fingerprint density at radius 3 is 2.25 bits per heavy atom. The van der Waals surface area contributed by atoms with E-state index in [2.05, 4.69) is 20.1 Å². The largest absolute Gasteiger partial charge is 0.380 e. The molecule has 2 nitrogen and oxygen atoms in total. The molecular formula is C10H17NO. The summed E-state index contributed by atoms with van der Waals surface area (Å²) in [4.78, 5) is 2.02. The Kier molecular flexibility index (Phi) is 2.93. The summed E-state index contributed by atoms with van der Waals surface area (Å²) in [5, 5.41) is 0. The lowest BCUT2D eigenvalue weighted by Crippen LogP contribution is -2.48. The molecule has 1 rings (SSSR count). The van der Waals surface area contributed by atoms with Crippen LogP contribution in [-0.2, 0) is 4.74 Å². The van der Waals surface area contributed by atoms with E-state index in [9.17, 15) is 0 Å². The van der Waals surface area contributed by atoms with Crippen LogP contribution in [0.2, 0.25) is 0 Å². The fraction of sp³-hybridized carbons (Fsp3) is 0.600. The minimum absolute atomic E-state index is 0.350. The Morgan fingerprint density at radius 1 is 1.42 bits per heavy atom. The molecule has 12 heavy (non-hydrogen) atoms. The van der Waals surface area contributed by atoms with E-state index in [0.717, 1.165) is 26.2 Å². The van der Waals surface area contributed by atoms with Crippen molar-refractivity contribution in [2.24, 2.45) is 5.41 Å². The van der Waals surface area contributed by atoms with Crippen LogP contribution in [0.25, 0.3) is 0 Å². The van der Waals surface area contributed by atoms with Crippen molar-refractivity contribution in [3.8, 4) is 0 Å². The first kappa shape index (κ1) is 9.33. The van der Waals surface area contributed by atoms with E-state index in [1.54, 1.807) is 0 Å². The first-order chi connectivity index (χ1) is 5.76. The molecule has 0 spiro atoms. The Bertz CT molecular complexity index is 159. The molecule has 0 bridgehead atoms. The molecule has 0 aromatic heterocycles. The molecule has 0 N–H and O–H groups in total. The molecule has 0 unspecified atom stereocenters. The summed E-state index contributed by atoms with van der Waals surface area (Å²) in [5.74, 6) is 0. The van der Waals surface area contributed by atoms with Crippen molar-refractivity contribution in [1.29, 1.82) is 0 Å². The van der Waals surface area contributed by atoms with Crippen molar-refractivity contribution >= 4 is 0 Å². The van der Waals surface area contributed by atoms with E-state index in [1.807, 2.05) is 17.3 Å². The lowest BCUT2D eigenvalue weighted by atomic mass is 9.83. The van der Waals surface area contributed by atoms with Crippen molar-refractivity contribution in [1.82, 2.24) is 4.90 Å². The van der Waals surface area contributed by atoms with Gasteiger partial charge >= 0.3 is 0 Å². The Morgan fingerprint density at radius 2 is 2.00 bits per heavy atom. The molecule has 0 saturated carbocycles. The summed E-state index contributed by atoms with van der Waals surface area (Å²) in [6, 6.07) is 0. The molecule has 1 fully saturated rings. The molecular weight excluding hydrogens is 150 g/mol. The molecule has 1 aliphatic rings. The summed E-state index contributed by atoms with van der Waals surface area (Å²) in [7, 11) is 0. The van der Waals surface area contributed by atoms with Gasteiger partial charge in [-0.1, -0.05) is 20.1 Å². The predicted molar refractivity (Wildman–Crippen MR) is 50.6 cm³/mol. The molecule has 0 atom stereocenters. The van der Waals surface area contributed by atoms with Crippen LogP contribution in [-0.4, -0.2) is 24.7 Å². The average molecular weight is 167 g/mol. The highest BCUT2D eigenvalue weighted by atomic mass is 16.5. The zero-order valence-electron chi connectivity index (χ0n) is 7.75. The number of rotatable bonds is 5. The maximum Gasteiger partial charge on any atom is 0.0561 e. The Balaban J connectivity index is 2.46. The van der Waals surface area contributed by atoms with Crippen LogP contribution in [0, 0.1) is 5.41 Å². The zero-order valence-corrected chi connectivity index (χ0v) is 7.75. The van der Waals surface area contributed by atoms with E-state index in [0.29, 0.717) is 5.41 Å². The van der Waals surface area contributed by atoms with Crippen molar-refractivity contribution in [3.63, 3.8) is 0 Å². The van der Waals surface area contributed by atoms with Crippen LogP contribution in [0.5, 0.6) is 0 Å². The van der Waals surface area contributed by atoms with Crippen LogP contribution < -0.4 is 0 Å². The maximum atomic E-state index is 5.22. The van der Waals surface area contributed by atoms with Gasteiger partial charge in [0.15, 0.2) is 0 Å². The van der Waals surface area contributed by atoms with Gasteiger partial charge in [0.25, 0.3) is 0 Å². The van der Waals surface area contributed by atoms with Crippen LogP contribution in [0.3, 0.4) is 0 Å². The fourth-order valence-corrected chi connectivity index (χ4v) is 1.39. The number of hydrogen-bond acceptors (Lipinski definition) is 2. The summed E-state index contributed by atoms with van der Waals surface area (Å²) in [5.41, 5.74) is 0.350.